The monoisotopic (exact) mass is 558 g/mol. The van der Waals surface area contributed by atoms with Crippen LogP contribution in [0.2, 0.25) is 0 Å². The second kappa shape index (κ2) is 12.8. The molecular formula is C34H38O7. The largest absolute Gasteiger partial charge is 0.497 e. The number of carbonyl (C=O) groups is 1. The van der Waals surface area contributed by atoms with E-state index in [0.717, 1.165) is 54.5 Å². The third kappa shape index (κ3) is 6.40. The third-order valence-electron chi connectivity index (χ3n) is 8.27. The summed E-state index contributed by atoms with van der Waals surface area (Å²) in [4.78, 5) is 14.2. The molecule has 7 heteroatoms. The van der Waals surface area contributed by atoms with Crippen molar-refractivity contribution in [2.45, 2.75) is 88.2 Å². The lowest BCUT2D eigenvalue weighted by Gasteiger charge is -2.40. The van der Waals surface area contributed by atoms with Crippen LogP contribution in [0.15, 0.2) is 84.9 Å². The van der Waals surface area contributed by atoms with Crippen molar-refractivity contribution in [3.8, 4) is 5.75 Å². The van der Waals surface area contributed by atoms with E-state index in [1.807, 2.05) is 84.9 Å². The van der Waals surface area contributed by atoms with Gasteiger partial charge < -0.3 is 28.4 Å². The van der Waals surface area contributed by atoms with E-state index in [2.05, 4.69) is 0 Å². The second-order valence-corrected chi connectivity index (χ2v) is 11.1. The van der Waals surface area contributed by atoms with Gasteiger partial charge >= 0.3 is 0 Å². The Morgan fingerprint density at radius 3 is 1.80 bits per heavy atom. The van der Waals surface area contributed by atoms with Crippen molar-refractivity contribution in [1.82, 2.24) is 0 Å². The number of ether oxygens (including phenoxy) is 6. The van der Waals surface area contributed by atoms with E-state index in [4.69, 9.17) is 28.4 Å². The molecule has 1 heterocycles. The molecule has 6 rings (SSSR count). The van der Waals surface area contributed by atoms with Gasteiger partial charge in [-0.25, -0.2) is 0 Å². The van der Waals surface area contributed by atoms with Crippen LogP contribution in [-0.4, -0.2) is 49.2 Å². The van der Waals surface area contributed by atoms with Crippen molar-refractivity contribution in [2.75, 3.05) is 7.11 Å². The molecule has 0 bridgehead atoms. The highest BCUT2D eigenvalue weighted by molar-refractivity contribution is 5.90. The van der Waals surface area contributed by atoms with Gasteiger partial charge in [0.25, 0.3) is 0 Å². The third-order valence-corrected chi connectivity index (χ3v) is 8.27. The number of Topliss-reactive ketones (excluding diaryl/α,β-unsaturated/α-hetero) is 1. The van der Waals surface area contributed by atoms with Crippen LogP contribution in [0, 0.1) is 0 Å². The molecule has 2 aliphatic carbocycles. The Morgan fingerprint density at radius 1 is 0.659 bits per heavy atom. The second-order valence-electron chi connectivity index (χ2n) is 11.1. The SMILES string of the molecule is COc1ccc(CO[C@@H]2C(=O)[C@H](OCc3ccccc3)[C@@H](OCc3ccccc3)[C@H]3OC4(CCCCC4)O[C@H]32)cc1. The van der Waals surface area contributed by atoms with E-state index in [1.54, 1.807) is 7.11 Å². The fourth-order valence-electron chi connectivity index (χ4n) is 6.10. The van der Waals surface area contributed by atoms with Crippen LogP contribution in [0.5, 0.6) is 5.75 Å². The zero-order chi connectivity index (χ0) is 28.1. The normalized spacial score (nSPS) is 27.0. The van der Waals surface area contributed by atoms with E-state index in [0.29, 0.717) is 6.61 Å². The van der Waals surface area contributed by atoms with Crippen molar-refractivity contribution >= 4 is 5.78 Å². The van der Waals surface area contributed by atoms with Gasteiger partial charge in [0.15, 0.2) is 11.6 Å². The number of carbonyl (C=O) groups excluding carboxylic acids is 1. The number of methoxy groups -OCH3 is 1. The summed E-state index contributed by atoms with van der Waals surface area (Å²) in [6, 6.07) is 27.5. The zero-order valence-corrected chi connectivity index (χ0v) is 23.5. The number of fused-ring (bicyclic) bond motifs is 1. The highest BCUT2D eigenvalue weighted by atomic mass is 16.8. The van der Waals surface area contributed by atoms with E-state index in [1.165, 1.54) is 0 Å². The Bertz CT molecular complexity index is 1260. The first kappa shape index (κ1) is 28.1. The molecule has 3 aliphatic rings. The molecule has 7 nitrogen and oxygen atoms in total. The molecule has 3 aromatic rings. The summed E-state index contributed by atoms with van der Waals surface area (Å²) in [6.45, 7) is 0.860. The quantitative estimate of drug-likeness (QED) is 0.312. The van der Waals surface area contributed by atoms with Crippen LogP contribution in [0.4, 0.5) is 0 Å². The molecule has 1 aliphatic heterocycles. The lowest BCUT2D eigenvalue weighted by Crippen LogP contribution is -2.62. The van der Waals surface area contributed by atoms with Crippen molar-refractivity contribution in [3.05, 3.63) is 102 Å². The van der Waals surface area contributed by atoms with E-state index >= 15 is 0 Å². The average Bonchev–Trinajstić information content (AvgIpc) is 3.38. The highest BCUT2D eigenvalue weighted by Crippen LogP contribution is 2.46. The molecule has 0 amide bonds. The van der Waals surface area contributed by atoms with Crippen molar-refractivity contribution < 1.29 is 33.2 Å². The molecular weight excluding hydrogens is 520 g/mol. The van der Waals surface area contributed by atoms with Crippen molar-refractivity contribution in [2.24, 2.45) is 0 Å². The summed E-state index contributed by atoms with van der Waals surface area (Å²) >= 11 is 0. The molecule has 41 heavy (non-hydrogen) atoms. The number of hydrogen-bond donors (Lipinski definition) is 0. The average molecular weight is 559 g/mol. The molecule has 2 saturated carbocycles. The predicted molar refractivity (Wildman–Crippen MR) is 152 cm³/mol. The summed E-state index contributed by atoms with van der Waals surface area (Å²) in [7, 11) is 1.64. The van der Waals surface area contributed by atoms with Crippen LogP contribution < -0.4 is 4.74 Å². The van der Waals surface area contributed by atoms with E-state index in [-0.39, 0.29) is 19.0 Å². The lowest BCUT2D eigenvalue weighted by atomic mass is 9.85. The molecule has 0 unspecified atom stereocenters. The standard InChI is InChI=1S/C34H38O7/c1-36-27-17-15-26(16-18-27)23-38-30-28(35)29(37-21-24-11-5-2-6-12-24)31(39-22-25-13-7-3-8-14-25)33-32(30)40-34(41-33)19-9-4-10-20-34/h2-3,5-8,11-18,29-33H,4,9-10,19-23H2,1H3/t29-,30+,31+,32-,33+/m0/s1. The molecule has 1 spiro atoms. The Kier molecular flexibility index (Phi) is 8.79. The maximum Gasteiger partial charge on any atom is 0.195 e. The maximum atomic E-state index is 14.2. The first-order chi connectivity index (χ1) is 20.1. The molecule has 3 fully saturated rings. The summed E-state index contributed by atoms with van der Waals surface area (Å²) in [5.41, 5.74) is 2.93. The number of hydrogen-bond acceptors (Lipinski definition) is 7. The Hall–Kier alpha value is -3.07. The van der Waals surface area contributed by atoms with Gasteiger partial charge in [0, 0.05) is 12.8 Å². The van der Waals surface area contributed by atoms with E-state index in [9.17, 15) is 4.79 Å². The summed E-state index contributed by atoms with van der Waals surface area (Å²) in [5, 5.41) is 0. The first-order valence-corrected chi connectivity index (χ1v) is 14.6. The summed E-state index contributed by atoms with van der Waals surface area (Å²) in [5.74, 6) is -0.134. The summed E-state index contributed by atoms with van der Waals surface area (Å²) in [6.07, 6.45) is 1.33. The van der Waals surface area contributed by atoms with Crippen molar-refractivity contribution in [1.29, 1.82) is 0 Å². The van der Waals surface area contributed by atoms with Crippen LogP contribution in [0.25, 0.3) is 0 Å². The van der Waals surface area contributed by atoms with Crippen LogP contribution in [0.1, 0.15) is 48.8 Å². The molecule has 1 saturated heterocycles. The fourth-order valence-corrected chi connectivity index (χ4v) is 6.10. The Morgan fingerprint density at radius 2 is 1.20 bits per heavy atom. The van der Waals surface area contributed by atoms with Gasteiger partial charge in [-0.2, -0.15) is 0 Å². The van der Waals surface area contributed by atoms with Gasteiger partial charge in [-0.15, -0.1) is 0 Å². The zero-order valence-electron chi connectivity index (χ0n) is 23.5. The van der Waals surface area contributed by atoms with Crippen molar-refractivity contribution in [3.63, 3.8) is 0 Å². The maximum absolute atomic E-state index is 14.2. The van der Waals surface area contributed by atoms with Crippen LogP contribution in [-0.2, 0) is 48.3 Å². The summed E-state index contributed by atoms with van der Waals surface area (Å²) < 4.78 is 38.0. The first-order valence-electron chi connectivity index (χ1n) is 14.6. The molecule has 216 valence electrons. The van der Waals surface area contributed by atoms with Gasteiger partial charge in [-0.05, 0) is 41.7 Å². The fraction of sp³-hybridized carbons (Fsp3) is 0.441. The minimum atomic E-state index is -0.872. The molecule has 5 atom stereocenters. The highest BCUT2D eigenvalue weighted by Gasteiger charge is 2.61. The minimum absolute atomic E-state index is 0.176. The van der Waals surface area contributed by atoms with Gasteiger partial charge in [-0.1, -0.05) is 79.2 Å². The minimum Gasteiger partial charge on any atom is -0.497 e. The smallest absolute Gasteiger partial charge is 0.195 e. The molecule has 0 radical (unpaired) electrons. The molecule has 0 aromatic heterocycles. The molecule has 0 N–H and O–H groups in total. The lowest BCUT2D eigenvalue weighted by molar-refractivity contribution is -0.209. The van der Waals surface area contributed by atoms with Gasteiger partial charge in [0.1, 0.15) is 36.3 Å². The van der Waals surface area contributed by atoms with Gasteiger partial charge in [0.2, 0.25) is 0 Å². The Labute approximate surface area is 241 Å². The van der Waals surface area contributed by atoms with Crippen LogP contribution in [0.3, 0.4) is 0 Å². The molecule has 3 aromatic carbocycles. The van der Waals surface area contributed by atoms with Crippen LogP contribution >= 0.6 is 0 Å². The predicted octanol–water partition coefficient (Wildman–Crippen LogP) is 5.78. The van der Waals surface area contributed by atoms with Gasteiger partial charge in [0.05, 0.1) is 26.9 Å². The van der Waals surface area contributed by atoms with E-state index < -0.39 is 36.3 Å². The van der Waals surface area contributed by atoms with Gasteiger partial charge in [-0.3, -0.25) is 4.79 Å². The number of ketones is 1. The topological polar surface area (TPSA) is 72.5 Å². The number of benzene rings is 3. The number of rotatable bonds is 10. The Balaban J connectivity index is 1.28.